The van der Waals surface area contributed by atoms with Crippen molar-refractivity contribution in [3.63, 3.8) is 0 Å². The van der Waals surface area contributed by atoms with Gasteiger partial charge in [-0.25, -0.2) is 8.42 Å². The Morgan fingerprint density at radius 2 is 2.11 bits per heavy atom. The van der Waals surface area contributed by atoms with Gasteiger partial charge < -0.3 is 5.32 Å². The van der Waals surface area contributed by atoms with E-state index in [1.54, 1.807) is 5.32 Å². The highest BCUT2D eigenvalue weighted by atomic mass is 32.2. The Hall–Kier alpha value is -1.09. The maximum Gasteiger partial charge on any atom is 0.405 e. The molecule has 1 amide bonds. The lowest BCUT2D eigenvalue weighted by molar-refractivity contribution is -0.139. The molecule has 0 fully saturated rings. The van der Waals surface area contributed by atoms with Crippen LogP contribution in [0.1, 0.15) is 6.92 Å². The molecule has 0 aromatic carbocycles. The zero-order chi connectivity index (χ0) is 14.0. The van der Waals surface area contributed by atoms with Gasteiger partial charge in [0.25, 0.3) is 0 Å². The van der Waals surface area contributed by atoms with Gasteiger partial charge in [-0.1, -0.05) is 6.08 Å². The molecule has 0 aromatic heterocycles. The highest BCUT2D eigenvalue weighted by Crippen LogP contribution is 2.12. The number of carbonyl (C=O) groups excluding carboxylic acids is 1. The number of hydrogen-bond acceptors (Lipinski definition) is 4. The lowest BCUT2D eigenvalue weighted by atomic mass is 10.2. The highest BCUT2D eigenvalue weighted by molar-refractivity contribution is 7.94. The van der Waals surface area contributed by atoms with Gasteiger partial charge in [-0.15, -0.1) is 0 Å². The fourth-order valence-corrected chi connectivity index (χ4v) is 2.66. The summed E-state index contributed by atoms with van der Waals surface area (Å²) >= 11 is 0. The summed E-state index contributed by atoms with van der Waals surface area (Å²) in [6.07, 6.45) is -3.10. The molecule has 2 atom stereocenters. The van der Waals surface area contributed by atoms with E-state index in [1.807, 2.05) is 0 Å². The van der Waals surface area contributed by atoms with Crippen LogP contribution in [-0.4, -0.2) is 44.9 Å². The zero-order valence-corrected chi connectivity index (χ0v) is 10.3. The third-order valence-electron chi connectivity index (χ3n) is 2.25. The van der Waals surface area contributed by atoms with Gasteiger partial charge in [-0.2, -0.15) is 13.2 Å². The van der Waals surface area contributed by atoms with Crippen molar-refractivity contribution in [3.8, 4) is 0 Å². The number of sulfone groups is 1. The van der Waals surface area contributed by atoms with Crippen LogP contribution in [0.5, 0.6) is 0 Å². The molecule has 0 radical (unpaired) electrons. The van der Waals surface area contributed by atoms with Crippen molar-refractivity contribution in [1.82, 2.24) is 10.6 Å². The standard InChI is InChI=1S/C9H13F3N2O3S/c1-6(8(15)13-5-9(10,11)12)14-7-2-3-18(16,17)4-7/h2-3,6-7,14H,4-5H2,1H3,(H,13,15). The number of nitrogens with one attached hydrogen (secondary N) is 2. The second-order valence-corrected chi connectivity index (χ2v) is 5.92. The molecule has 9 heteroatoms. The third-order valence-corrected chi connectivity index (χ3v) is 3.65. The molecule has 0 aliphatic carbocycles. The van der Waals surface area contributed by atoms with Crippen LogP contribution in [-0.2, 0) is 14.6 Å². The van der Waals surface area contributed by atoms with E-state index in [2.05, 4.69) is 5.32 Å². The fourth-order valence-electron chi connectivity index (χ4n) is 1.42. The zero-order valence-electron chi connectivity index (χ0n) is 9.49. The first kappa shape index (κ1) is 15.0. The predicted molar refractivity (Wildman–Crippen MR) is 58.4 cm³/mol. The lowest BCUT2D eigenvalue weighted by Gasteiger charge is -2.17. The van der Waals surface area contributed by atoms with Crippen LogP contribution in [0.3, 0.4) is 0 Å². The number of halogens is 3. The van der Waals surface area contributed by atoms with Crippen LogP contribution in [0.15, 0.2) is 11.5 Å². The summed E-state index contributed by atoms with van der Waals surface area (Å²) in [4.78, 5) is 11.3. The first-order chi connectivity index (χ1) is 8.09. The van der Waals surface area contributed by atoms with Gasteiger partial charge in [0.1, 0.15) is 6.54 Å². The van der Waals surface area contributed by atoms with E-state index in [9.17, 15) is 26.4 Å². The van der Waals surface area contributed by atoms with Crippen LogP contribution in [0.4, 0.5) is 13.2 Å². The van der Waals surface area contributed by atoms with E-state index in [0.717, 1.165) is 5.41 Å². The molecular weight excluding hydrogens is 273 g/mol. The van der Waals surface area contributed by atoms with Crippen molar-refractivity contribution in [1.29, 1.82) is 0 Å². The first-order valence-corrected chi connectivity index (χ1v) is 6.82. The van der Waals surface area contributed by atoms with Gasteiger partial charge in [0.2, 0.25) is 5.91 Å². The molecule has 0 saturated carbocycles. The summed E-state index contributed by atoms with van der Waals surface area (Å²) in [6.45, 7) is -0.0405. The minimum atomic E-state index is -4.47. The smallest absolute Gasteiger partial charge is 0.346 e. The largest absolute Gasteiger partial charge is 0.405 e. The van der Waals surface area contributed by atoms with E-state index in [4.69, 9.17) is 0 Å². The highest BCUT2D eigenvalue weighted by Gasteiger charge is 2.30. The number of rotatable bonds is 4. The summed E-state index contributed by atoms with van der Waals surface area (Å²) in [5.41, 5.74) is 0. The maximum atomic E-state index is 11.9. The van der Waals surface area contributed by atoms with Crippen LogP contribution in [0, 0.1) is 0 Å². The Balaban J connectivity index is 2.40. The Kier molecular flexibility index (Phi) is 4.38. The number of alkyl halides is 3. The minimum absolute atomic E-state index is 0.191. The van der Waals surface area contributed by atoms with E-state index < -0.39 is 40.5 Å². The maximum absolute atomic E-state index is 11.9. The number of amides is 1. The molecule has 104 valence electrons. The average Bonchev–Trinajstić information content (AvgIpc) is 2.53. The summed E-state index contributed by atoms with van der Waals surface area (Å²) in [5, 5.41) is 5.36. The number of hydrogen-bond donors (Lipinski definition) is 2. The molecule has 2 N–H and O–H groups in total. The topological polar surface area (TPSA) is 75.3 Å². The first-order valence-electron chi connectivity index (χ1n) is 5.10. The van der Waals surface area contributed by atoms with Crippen molar-refractivity contribution in [2.24, 2.45) is 0 Å². The van der Waals surface area contributed by atoms with Crippen molar-refractivity contribution in [3.05, 3.63) is 11.5 Å². The van der Waals surface area contributed by atoms with Crippen LogP contribution in [0.25, 0.3) is 0 Å². The predicted octanol–water partition coefficient (Wildman–Crippen LogP) is -0.0463. The molecule has 5 nitrogen and oxygen atoms in total. The van der Waals surface area contributed by atoms with Crippen LogP contribution < -0.4 is 10.6 Å². The average molecular weight is 286 g/mol. The van der Waals surface area contributed by atoms with Gasteiger partial charge in [-0.3, -0.25) is 10.1 Å². The van der Waals surface area contributed by atoms with E-state index in [-0.39, 0.29) is 5.75 Å². The molecule has 0 bridgehead atoms. The molecule has 1 aliphatic rings. The molecule has 0 spiro atoms. The van der Waals surface area contributed by atoms with Crippen LogP contribution >= 0.6 is 0 Å². The Labute approximate surface area is 102 Å². The van der Waals surface area contributed by atoms with Crippen molar-refractivity contribution < 1.29 is 26.4 Å². The second kappa shape index (κ2) is 5.27. The summed E-state index contributed by atoms with van der Waals surface area (Å²) < 4.78 is 57.7. The quantitative estimate of drug-likeness (QED) is 0.760. The third kappa shape index (κ3) is 5.05. The summed E-state index contributed by atoms with van der Waals surface area (Å²) in [5.74, 6) is -1.02. The Bertz CT molecular complexity index is 444. The normalized spacial score (nSPS) is 23.9. The molecule has 0 saturated heterocycles. The van der Waals surface area contributed by atoms with E-state index >= 15 is 0 Å². The molecular formula is C9H13F3N2O3S. The molecule has 0 aromatic rings. The Morgan fingerprint density at radius 1 is 1.50 bits per heavy atom. The van der Waals surface area contributed by atoms with Crippen molar-refractivity contribution in [2.75, 3.05) is 12.3 Å². The molecule has 2 unspecified atom stereocenters. The molecule has 1 heterocycles. The van der Waals surface area contributed by atoms with E-state index in [1.165, 1.54) is 13.0 Å². The summed E-state index contributed by atoms with van der Waals surface area (Å²) in [6, 6.07) is -1.46. The fraction of sp³-hybridized carbons (Fsp3) is 0.667. The van der Waals surface area contributed by atoms with Gasteiger partial charge in [0.05, 0.1) is 11.8 Å². The van der Waals surface area contributed by atoms with E-state index in [0.29, 0.717) is 0 Å². The molecule has 1 aliphatic heterocycles. The van der Waals surface area contributed by atoms with Crippen molar-refractivity contribution >= 4 is 15.7 Å². The minimum Gasteiger partial charge on any atom is -0.346 e. The van der Waals surface area contributed by atoms with Gasteiger partial charge in [-0.05, 0) is 6.92 Å². The summed E-state index contributed by atoms with van der Waals surface area (Å²) in [7, 11) is -3.26. The Morgan fingerprint density at radius 3 is 2.56 bits per heavy atom. The second-order valence-electron chi connectivity index (χ2n) is 3.99. The molecule has 18 heavy (non-hydrogen) atoms. The van der Waals surface area contributed by atoms with Gasteiger partial charge in [0, 0.05) is 11.4 Å². The van der Waals surface area contributed by atoms with Gasteiger partial charge >= 0.3 is 6.18 Å². The lowest BCUT2D eigenvalue weighted by Crippen LogP contribution is -2.48. The van der Waals surface area contributed by atoms with Crippen LogP contribution in [0.2, 0.25) is 0 Å². The van der Waals surface area contributed by atoms with Crippen molar-refractivity contribution in [2.45, 2.75) is 25.2 Å². The SMILES string of the molecule is CC(NC1C=CS(=O)(=O)C1)C(=O)NCC(F)(F)F. The van der Waals surface area contributed by atoms with Gasteiger partial charge in [0.15, 0.2) is 9.84 Å². The monoisotopic (exact) mass is 286 g/mol. The number of carbonyl (C=O) groups is 1. The molecule has 1 rings (SSSR count).